The van der Waals surface area contributed by atoms with Crippen LogP contribution in [-0.4, -0.2) is 56.7 Å². The van der Waals surface area contributed by atoms with Crippen LogP contribution in [0.2, 0.25) is 0 Å². The van der Waals surface area contributed by atoms with E-state index in [-0.39, 0.29) is 25.4 Å². The number of primary amides is 1. The van der Waals surface area contributed by atoms with Gasteiger partial charge in [0.1, 0.15) is 5.60 Å². The monoisotopic (exact) mass is 455 g/mol. The van der Waals surface area contributed by atoms with Crippen molar-refractivity contribution in [2.24, 2.45) is 5.73 Å². The van der Waals surface area contributed by atoms with Crippen LogP contribution in [0.3, 0.4) is 0 Å². The van der Waals surface area contributed by atoms with Crippen LogP contribution in [0, 0.1) is 0 Å². The van der Waals surface area contributed by atoms with Gasteiger partial charge in [-0.15, -0.1) is 5.10 Å². The summed E-state index contributed by atoms with van der Waals surface area (Å²) >= 11 is 0. The molecule has 0 spiro atoms. The number of ether oxygens (including phenoxy) is 2. The molecule has 0 aliphatic carbocycles. The molecular weight excluding hydrogens is 431 g/mol. The molecular formula is C20H24F3N5O4. The lowest BCUT2D eigenvalue weighted by Crippen LogP contribution is -2.36. The van der Waals surface area contributed by atoms with Crippen LogP contribution in [0.4, 0.5) is 18.0 Å². The Balaban J connectivity index is 1.75. The predicted molar refractivity (Wildman–Crippen MR) is 105 cm³/mol. The first kappa shape index (κ1) is 23.5. The SMILES string of the molecule is CC(C)(C)OC(=O)N1C[C@@H](n2cc(C(N)=O)nn2)[C@H](OCc2ccc(C(F)(F)F)cc2)C1. The van der Waals surface area contributed by atoms with E-state index >= 15 is 0 Å². The molecule has 2 atom stereocenters. The maximum absolute atomic E-state index is 12.8. The van der Waals surface area contributed by atoms with Crippen LogP contribution >= 0.6 is 0 Å². The van der Waals surface area contributed by atoms with Crippen LogP contribution in [0.1, 0.15) is 48.4 Å². The summed E-state index contributed by atoms with van der Waals surface area (Å²) in [6.45, 7) is 5.58. The number of benzene rings is 1. The van der Waals surface area contributed by atoms with Crippen molar-refractivity contribution in [1.82, 2.24) is 19.9 Å². The van der Waals surface area contributed by atoms with Gasteiger partial charge in [-0.05, 0) is 38.5 Å². The van der Waals surface area contributed by atoms with E-state index in [0.29, 0.717) is 5.56 Å². The fourth-order valence-electron chi connectivity index (χ4n) is 3.20. The average Bonchev–Trinajstić information content (AvgIpc) is 3.32. The normalized spacial score (nSPS) is 19.2. The minimum Gasteiger partial charge on any atom is -0.444 e. The Morgan fingerprint density at radius 2 is 1.81 bits per heavy atom. The smallest absolute Gasteiger partial charge is 0.416 e. The van der Waals surface area contributed by atoms with Crippen molar-refractivity contribution >= 4 is 12.0 Å². The second-order valence-corrected chi connectivity index (χ2v) is 8.44. The molecule has 0 unspecified atom stereocenters. The van der Waals surface area contributed by atoms with E-state index in [9.17, 15) is 22.8 Å². The van der Waals surface area contributed by atoms with Crippen LogP contribution < -0.4 is 5.73 Å². The maximum Gasteiger partial charge on any atom is 0.416 e. The highest BCUT2D eigenvalue weighted by atomic mass is 19.4. The molecule has 2 N–H and O–H groups in total. The van der Waals surface area contributed by atoms with Crippen LogP contribution in [0.15, 0.2) is 30.5 Å². The molecule has 32 heavy (non-hydrogen) atoms. The Hall–Kier alpha value is -3.15. The van der Waals surface area contributed by atoms with Gasteiger partial charge in [0, 0.05) is 6.54 Å². The third kappa shape index (κ3) is 5.75. The minimum atomic E-state index is -4.42. The molecule has 1 aliphatic heterocycles. The average molecular weight is 455 g/mol. The molecule has 2 amide bonds. The number of nitrogens with zero attached hydrogens (tertiary/aromatic N) is 4. The van der Waals surface area contributed by atoms with Crippen LogP contribution in [0.25, 0.3) is 0 Å². The quantitative estimate of drug-likeness (QED) is 0.742. The summed E-state index contributed by atoms with van der Waals surface area (Å²) in [6.07, 6.45) is -4.18. The highest BCUT2D eigenvalue weighted by Crippen LogP contribution is 2.30. The number of alkyl halides is 3. The van der Waals surface area contributed by atoms with Gasteiger partial charge in [-0.3, -0.25) is 4.79 Å². The number of amides is 2. The molecule has 174 valence electrons. The van der Waals surface area contributed by atoms with Gasteiger partial charge in [-0.2, -0.15) is 13.2 Å². The van der Waals surface area contributed by atoms with Gasteiger partial charge in [0.05, 0.1) is 37.1 Å². The number of halogens is 3. The molecule has 12 heteroatoms. The second-order valence-electron chi connectivity index (χ2n) is 8.44. The number of likely N-dealkylation sites (tertiary alicyclic amines) is 1. The topological polar surface area (TPSA) is 113 Å². The Kier molecular flexibility index (Phi) is 6.44. The van der Waals surface area contributed by atoms with E-state index in [1.165, 1.54) is 27.9 Å². The van der Waals surface area contributed by atoms with E-state index in [4.69, 9.17) is 15.2 Å². The number of hydrogen-bond acceptors (Lipinski definition) is 6. The number of aromatic nitrogens is 3. The van der Waals surface area contributed by atoms with E-state index in [2.05, 4.69) is 10.3 Å². The lowest BCUT2D eigenvalue weighted by Gasteiger charge is -2.24. The highest BCUT2D eigenvalue weighted by molar-refractivity contribution is 5.90. The number of nitrogens with two attached hydrogens (primary N) is 1. The highest BCUT2D eigenvalue weighted by Gasteiger charge is 2.40. The largest absolute Gasteiger partial charge is 0.444 e. The first-order valence-electron chi connectivity index (χ1n) is 9.81. The first-order chi connectivity index (χ1) is 14.8. The molecule has 2 aromatic rings. The molecule has 0 saturated carbocycles. The lowest BCUT2D eigenvalue weighted by atomic mass is 10.1. The van der Waals surface area contributed by atoms with Crippen molar-refractivity contribution in [3.63, 3.8) is 0 Å². The van der Waals surface area contributed by atoms with Crippen molar-refractivity contribution in [3.8, 4) is 0 Å². The molecule has 1 aromatic carbocycles. The van der Waals surface area contributed by atoms with Gasteiger partial charge in [0.15, 0.2) is 5.69 Å². The van der Waals surface area contributed by atoms with Crippen LogP contribution in [0.5, 0.6) is 0 Å². The molecule has 9 nitrogen and oxygen atoms in total. The fourth-order valence-corrected chi connectivity index (χ4v) is 3.20. The summed E-state index contributed by atoms with van der Waals surface area (Å²) in [5.41, 5.74) is 4.28. The van der Waals surface area contributed by atoms with Crippen molar-refractivity contribution in [1.29, 1.82) is 0 Å². The maximum atomic E-state index is 12.8. The molecule has 2 heterocycles. The molecule has 0 bridgehead atoms. The molecule has 1 aromatic heterocycles. The van der Waals surface area contributed by atoms with Crippen molar-refractivity contribution in [3.05, 3.63) is 47.3 Å². The molecule has 1 aliphatic rings. The second kappa shape index (κ2) is 8.77. The molecule has 3 rings (SSSR count). The Labute approximate surface area is 182 Å². The molecule has 1 fully saturated rings. The van der Waals surface area contributed by atoms with Crippen molar-refractivity contribution in [2.75, 3.05) is 13.1 Å². The van der Waals surface area contributed by atoms with Gasteiger partial charge < -0.3 is 20.1 Å². The van der Waals surface area contributed by atoms with Gasteiger partial charge in [0.2, 0.25) is 0 Å². The zero-order valence-electron chi connectivity index (χ0n) is 17.8. The molecule has 1 saturated heterocycles. The van der Waals surface area contributed by atoms with E-state index in [1.807, 2.05) is 0 Å². The summed E-state index contributed by atoms with van der Waals surface area (Å²) in [5.74, 6) is -0.750. The number of carbonyl (C=O) groups excluding carboxylic acids is 2. The van der Waals surface area contributed by atoms with Gasteiger partial charge >= 0.3 is 12.3 Å². The predicted octanol–water partition coefficient (Wildman–Crippen LogP) is 2.77. The first-order valence-corrected chi connectivity index (χ1v) is 9.81. The van der Waals surface area contributed by atoms with E-state index < -0.39 is 41.5 Å². The number of rotatable bonds is 5. The zero-order chi connectivity index (χ0) is 23.7. The lowest BCUT2D eigenvalue weighted by molar-refractivity contribution is -0.137. The number of hydrogen-bond donors (Lipinski definition) is 1. The Morgan fingerprint density at radius 3 is 2.34 bits per heavy atom. The third-order valence-electron chi connectivity index (χ3n) is 4.74. The van der Waals surface area contributed by atoms with Crippen molar-refractivity contribution in [2.45, 2.75) is 51.3 Å². The van der Waals surface area contributed by atoms with Gasteiger partial charge in [0.25, 0.3) is 5.91 Å². The van der Waals surface area contributed by atoms with E-state index in [0.717, 1.165) is 12.1 Å². The van der Waals surface area contributed by atoms with E-state index in [1.54, 1.807) is 20.8 Å². The Morgan fingerprint density at radius 1 is 1.16 bits per heavy atom. The minimum absolute atomic E-state index is 0.0127. The fraction of sp³-hybridized carbons (Fsp3) is 0.500. The zero-order valence-corrected chi connectivity index (χ0v) is 17.8. The van der Waals surface area contributed by atoms with Gasteiger partial charge in [-0.25, -0.2) is 9.48 Å². The summed E-state index contributed by atoms with van der Waals surface area (Å²) in [7, 11) is 0. The van der Waals surface area contributed by atoms with Crippen molar-refractivity contribution < 1.29 is 32.2 Å². The summed E-state index contributed by atoms with van der Waals surface area (Å²) in [6, 6.07) is 4.12. The standard InChI is InChI=1S/C20H24F3N5O4/c1-19(2,3)32-18(30)27-9-15(28-8-14(17(24)29)25-26-28)16(10-27)31-11-12-4-6-13(7-5-12)20(21,22)23/h4-8,15-16H,9-11H2,1-3H3,(H2,24,29)/t15-,16-/m1/s1. The van der Waals surface area contributed by atoms with Gasteiger partial charge in [-0.1, -0.05) is 17.3 Å². The summed E-state index contributed by atoms with van der Waals surface area (Å²) in [4.78, 5) is 25.3. The van der Waals surface area contributed by atoms with Crippen LogP contribution in [-0.2, 0) is 22.3 Å². The molecule has 0 radical (unpaired) electrons. The number of carbonyl (C=O) groups is 2. The summed E-state index contributed by atoms with van der Waals surface area (Å²) in [5, 5.41) is 7.63. The summed E-state index contributed by atoms with van der Waals surface area (Å²) < 4.78 is 51.0. The third-order valence-corrected chi connectivity index (χ3v) is 4.74. The Bertz CT molecular complexity index is 969.